The fourth-order valence-electron chi connectivity index (χ4n) is 5.00. The van der Waals surface area contributed by atoms with Crippen molar-refractivity contribution in [2.75, 3.05) is 30.5 Å². The highest BCUT2D eigenvalue weighted by Gasteiger charge is 2.38. The lowest BCUT2D eigenvalue weighted by molar-refractivity contribution is -0.128. The Labute approximate surface area is 246 Å². The summed E-state index contributed by atoms with van der Waals surface area (Å²) in [6, 6.07) is 17.1. The number of likely N-dealkylation sites (N-methyl/N-ethyl adjacent to an activating group) is 1. The van der Waals surface area contributed by atoms with Gasteiger partial charge in [-0.15, -0.1) is 0 Å². The number of hydrogen-bond donors (Lipinski definition) is 2. The third-order valence-electron chi connectivity index (χ3n) is 7.30. The zero-order chi connectivity index (χ0) is 29.3. The quantitative estimate of drug-likeness (QED) is 0.327. The van der Waals surface area contributed by atoms with Gasteiger partial charge in [0.05, 0.1) is 37.6 Å². The number of ether oxygens (including phenoxy) is 1. The zero-order valence-corrected chi connectivity index (χ0v) is 24.8. The Morgan fingerprint density at radius 3 is 2.56 bits per heavy atom. The molecular weight excluding hydrogens is 588 g/mol. The van der Waals surface area contributed by atoms with Gasteiger partial charge in [0.2, 0.25) is 5.91 Å². The molecule has 41 heavy (non-hydrogen) atoms. The summed E-state index contributed by atoms with van der Waals surface area (Å²) in [5, 5.41) is 12.0. The summed E-state index contributed by atoms with van der Waals surface area (Å²) >= 11 is 3.54. The normalized spacial score (nSPS) is 15.8. The van der Waals surface area contributed by atoms with E-state index in [4.69, 9.17) is 4.74 Å². The van der Waals surface area contributed by atoms with Crippen LogP contribution in [0, 0.1) is 0 Å². The first-order chi connectivity index (χ1) is 19.7. The van der Waals surface area contributed by atoms with Crippen LogP contribution in [0.4, 0.5) is 11.4 Å². The highest BCUT2D eigenvalue weighted by atomic mass is 79.9. The summed E-state index contributed by atoms with van der Waals surface area (Å²) < 4.78 is 8.22. The Bertz CT molecular complexity index is 1640. The standard InChI is InChI=1S/C30H31BrN6O4/c1-18(32-2)28(38)33-24-17-37(29(39)23-13-14-35(3)34-23)26-8-6-5-7-25(26)36(30(24)40)16-22-21-11-10-20(31)15-19(21)9-12-27(22)41-4/h5-15,18,24,32H,16-17H2,1-4H3,(H,33,38). The molecule has 3 amide bonds. The Morgan fingerprint density at radius 1 is 1.12 bits per heavy atom. The van der Waals surface area contributed by atoms with Gasteiger partial charge in [0.15, 0.2) is 5.69 Å². The van der Waals surface area contributed by atoms with Gasteiger partial charge in [-0.05, 0) is 61.1 Å². The molecule has 0 spiro atoms. The second-order valence-corrected chi connectivity index (χ2v) is 10.8. The smallest absolute Gasteiger partial charge is 0.278 e. The van der Waals surface area contributed by atoms with Crippen LogP contribution < -0.4 is 25.2 Å². The number of benzene rings is 3. The van der Waals surface area contributed by atoms with Crippen molar-refractivity contribution in [2.24, 2.45) is 7.05 Å². The van der Waals surface area contributed by atoms with Crippen LogP contribution in [-0.2, 0) is 23.2 Å². The van der Waals surface area contributed by atoms with Gasteiger partial charge in [-0.3, -0.25) is 19.1 Å². The molecular formula is C30H31BrN6O4. The minimum Gasteiger partial charge on any atom is -0.496 e. The van der Waals surface area contributed by atoms with E-state index in [0.29, 0.717) is 17.1 Å². The van der Waals surface area contributed by atoms with Gasteiger partial charge in [-0.1, -0.05) is 40.2 Å². The number of methoxy groups -OCH3 is 1. The molecule has 3 aromatic carbocycles. The van der Waals surface area contributed by atoms with Crippen LogP contribution in [0.2, 0.25) is 0 Å². The number of aromatic nitrogens is 2. The number of nitrogens with zero attached hydrogens (tertiary/aromatic N) is 4. The number of anilines is 2. The molecule has 212 valence electrons. The maximum atomic E-state index is 14.3. The molecule has 0 saturated heterocycles. The van der Waals surface area contributed by atoms with Gasteiger partial charge in [0.25, 0.3) is 11.8 Å². The number of amides is 3. The fraction of sp³-hybridized carbons (Fsp3) is 0.267. The van der Waals surface area contributed by atoms with E-state index >= 15 is 0 Å². The van der Waals surface area contributed by atoms with Gasteiger partial charge in [0.1, 0.15) is 11.8 Å². The van der Waals surface area contributed by atoms with E-state index in [1.165, 1.54) is 4.90 Å². The van der Waals surface area contributed by atoms with Gasteiger partial charge < -0.3 is 25.2 Å². The van der Waals surface area contributed by atoms with Crippen molar-refractivity contribution in [3.63, 3.8) is 0 Å². The van der Waals surface area contributed by atoms with E-state index in [-0.39, 0.29) is 36.5 Å². The molecule has 1 aliphatic heterocycles. The molecule has 2 atom stereocenters. The van der Waals surface area contributed by atoms with Gasteiger partial charge in [0, 0.05) is 23.3 Å². The minimum atomic E-state index is -1.02. The molecule has 0 radical (unpaired) electrons. The number of halogens is 1. The number of fused-ring (bicyclic) bond motifs is 2. The van der Waals surface area contributed by atoms with E-state index in [0.717, 1.165) is 20.8 Å². The number of para-hydroxylation sites is 2. The SMILES string of the molecule is CNC(C)C(=O)NC1CN(C(=O)c2ccn(C)n2)c2ccccc2N(Cc2c(OC)ccc3cc(Br)ccc23)C1=O. The molecule has 2 N–H and O–H groups in total. The summed E-state index contributed by atoms with van der Waals surface area (Å²) in [5.74, 6) is -0.447. The molecule has 0 saturated carbocycles. The number of rotatable bonds is 7. The maximum absolute atomic E-state index is 14.3. The predicted molar refractivity (Wildman–Crippen MR) is 161 cm³/mol. The van der Waals surface area contributed by atoms with Crippen molar-refractivity contribution >= 4 is 55.8 Å². The van der Waals surface area contributed by atoms with Crippen LogP contribution >= 0.6 is 15.9 Å². The van der Waals surface area contributed by atoms with Crippen molar-refractivity contribution in [3.05, 3.63) is 82.6 Å². The second-order valence-electron chi connectivity index (χ2n) is 9.89. The van der Waals surface area contributed by atoms with E-state index in [2.05, 4.69) is 31.7 Å². The molecule has 2 unspecified atom stereocenters. The van der Waals surface area contributed by atoms with Crippen LogP contribution in [0.25, 0.3) is 10.8 Å². The number of hydrogen-bond acceptors (Lipinski definition) is 6. The molecule has 0 fully saturated rings. The molecule has 0 bridgehead atoms. The summed E-state index contributed by atoms with van der Waals surface area (Å²) in [4.78, 5) is 44.3. The molecule has 11 heteroatoms. The Kier molecular flexibility index (Phi) is 8.09. The van der Waals surface area contributed by atoms with Crippen molar-refractivity contribution in [3.8, 4) is 5.75 Å². The topological polar surface area (TPSA) is 109 Å². The first-order valence-corrected chi connectivity index (χ1v) is 14.0. The van der Waals surface area contributed by atoms with Crippen LogP contribution in [0.3, 0.4) is 0 Å². The molecule has 0 aliphatic carbocycles. The first kappa shape index (κ1) is 28.3. The van der Waals surface area contributed by atoms with Crippen LogP contribution in [-0.4, -0.2) is 60.3 Å². The highest BCUT2D eigenvalue weighted by molar-refractivity contribution is 9.10. The lowest BCUT2D eigenvalue weighted by Crippen LogP contribution is -2.55. The fourth-order valence-corrected chi connectivity index (χ4v) is 5.38. The highest BCUT2D eigenvalue weighted by Crippen LogP contribution is 2.38. The summed E-state index contributed by atoms with van der Waals surface area (Å²) in [5.41, 5.74) is 2.12. The van der Waals surface area contributed by atoms with Crippen molar-refractivity contribution in [1.82, 2.24) is 20.4 Å². The van der Waals surface area contributed by atoms with Gasteiger partial charge in [-0.2, -0.15) is 5.10 Å². The lowest BCUT2D eigenvalue weighted by atomic mass is 10.0. The predicted octanol–water partition coefficient (Wildman–Crippen LogP) is 3.63. The lowest BCUT2D eigenvalue weighted by Gasteiger charge is -2.27. The van der Waals surface area contributed by atoms with E-state index < -0.39 is 12.1 Å². The molecule has 4 aromatic rings. The van der Waals surface area contributed by atoms with Crippen molar-refractivity contribution < 1.29 is 19.1 Å². The van der Waals surface area contributed by atoms with Gasteiger partial charge in [-0.25, -0.2) is 0 Å². The van der Waals surface area contributed by atoms with E-state index in [1.807, 2.05) is 42.5 Å². The average molecular weight is 620 g/mol. The Balaban J connectivity index is 1.65. The van der Waals surface area contributed by atoms with E-state index in [1.54, 1.807) is 62.1 Å². The van der Waals surface area contributed by atoms with Crippen LogP contribution in [0.1, 0.15) is 23.0 Å². The van der Waals surface area contributed by atoms with Crippen molar-refractivity contribution in [1.29, 1.82) is 0 Å². The minimum absolute atomic E-state index is 0.0659. The zero-order valence-electron chi connectivity index (χ0n) is 23.2. The third kappa shape index (κ3) is 5.55. The van der Waals surface area contributed by atoms with E-state index in [9.17, 15) is 14.4 Å². The summed E-state index contributed by atoms with van der Waals surface area (Å²) in [6.07, 6.45) is 1.69. The monoisotopic (exact) mass is 618 g/mol. The van der Waals surface area contributed by atoms with Crippen LogP contribution in [0.15, 0.2) is 71.3 Å². The molecule has 5 rings (SSSR count). The molecule has 1 aromatic heterocycles. The largest absolute Gasteiger partial charge is 0.496 e. The molecule has 1 aliphatic rings. The second kappa shape index (κ2) is 11.7. The summed E-state index contributed by atoms with van der Waals surface area (Å²) in [6.45, 7) is 1.79. The number of carbonyl (C=O) groups excluding carboxylic acids is 3. The Morgan fingerprint density at radius 2 is 1.88 bits per heavy atom. The number of nitrogens with one attached hydrogen (secondary N) is 2. The van der Waals surface area contributed by atoms with Crippen molar-refractivity contribution in [2.45, 2.75) is 25.6 Å². The number of carbonyl (C=O) groups is 3. The maximum Gasteiger partial charge on any atom is 0.278 e. The third-order valence-corrected chi connectivity index (χ3v) is 7.79. The molecule has 10 nitrogen and oxygen atoms in total. The average Bonchev–Trinajstić information content (AvgIpc) is 3.38. The number of aryl methyl sites for hydroxylation is 1. The van der Waals surface area contributed by atoms with Crippen LogP contribution in [0.5, 0.6) is 5.75 Å². The van der Waals surface area contributed by atoms with Gasteiger partial charge >= 0.3 is 0 Å². The summed E-state index contributed by atoms with van der Waals surface area (Å²) in [7, 11) is 5.00. The first-order valence-electron chi connectivity index (χ1n) is 13.2. The molecule has 2 heterocycles. The Hall–Kier alpha value is -4.22.